The zero-order valence-corrected chi connectivity index (χ0v) is 13.3. The van der Waals surface area contributed by atoms with Gasteiger partial charge in [-0.1, -0.05) is 38.5 Å². The summed E-state index contributed by atoms with van der Waals surface area (Å²) in [6.07, 6.45) is 0.197. The van der Waals surface area contributed by atoms with Gasteiger partial charge in [0.15, 0.2) is 5.89 Å². The molecule has 0 saturated carbocycles. The Balaban J connectivity index is 2.06. The molecule has 4 nitrogen and oxygen atoms in total. The summed E-state index contributed by atoms with van der Waals surface area (Å²) in [6, 6.07) is 7.71. The van der Waals surface area contributed by atoms with Crippen molar-refractivity contribution in [3.8, 4) is 0 Å². The van der Waals surface area contributed by atoms with Crippen LogP contribution in [0.3, 0.4) is 0 Å². The zero-order chi connectivity index (χ0) is 15.6. The maximum absolute atomic E-state index is 12.1. The van der Waals surface area contributed by atoms with Crippen LogP contribution in [-0.2, 0) is 16.6 Å². The molecule has 0 aliphatic carbocycles. The van der Waals surface area contributed by atoms with Crippen molar-refractivity contribution in [2.24, 2.45) is 0 Å². The lowest BCUT2D eigenvalue weighted by atomic mass is 9.97. The third-order valence-electron chi connectivity index (χ3n) is 3.19. The Morgan fingerprint density at radius 1 is 1.19 bits per heavy atom. The maximum atomic E-state index is 12.1. The number of carbonyl (C=O) groups is 1. The SMILES string of the molecule is Cc1ccc(NC(=O)Cc2oc(C(C)(C)C)nc2C)cc1. The number of carbonyl (C=O) groups excluding carboxylic acids is 1. The topological polar surface area (TPSA) is 55.1 Å². The monoisotopic (exact) mass is 286 g/mol. The fourth-order valence-electron chi connectivity index (χ4n) is 1.90. The van der Waals surface area contributed by atoms with Crippen LogP contribution in [0.2, 0.25) is 0 Å². The number of hydrogen-bond acceptors (Lipinski definition) is 3. The third kappa shape index (κ3) is 3.94. The van der Waals surface area contributed by atoms with Gasteiger partial charge in [0.2, 0.25) is 5.91 Å². The largest absolute Gasteiger partial charge is 0.444 e. The van der Waals surface area contributed by atoms with Crippen LogP contribution < -0.4 is 5.32 Å². The van der Waals surface area contributed by atoms with Gasteiger partial charge in [0.1, 0.15) is 5.76 Å². The highest BCUT2D eigenvalue weighted by molar-refractivity contribution is 5.92. The molecule has 0 aliphatic heterocycles. The fourth-order valence-corrected chi connectivity index (χ4v) is 1.90. The van der Waals surface area contributed by atoms with Crippen LogP contribution in [0.4, 0.5) is 5.69 Å². The average Bonchev–Trinajstić information content (AvgIpc) is 2.74. The van der Waals surface area contributed by atoms with E-state index in [0.717, 1.165) is 16.9 Å². The Morgan fingerprint density at radius 2 is 1.81 bits per heavy atom. The number of aromatic nitrogens is 1. The molecule has 21 heavy (non-hydrogen) atoms. The predicted octanol–water partition coefficient (Wildman–Crippen LogP) is 3.77. The second-order valence-corrected chi connectivity index (χ2v) is 6.37. The van der Waals surface area contributed by atoms with Crippen LogP contribution in [0.5, 0.6) is 0 Å². The summed E-state index contributed by atoms with van der Waals surface area (Å²) in [5.41, 5.74) is 2.57. The lowest BCUT2D eigenvalue weighted by molar-refractivity contribution is -0.115. The van der Waals surface area contributed by atoms with Crippen LogP contribution in [0.1, 0.15) is 43.7 Å². The number of rotatable bonds is 3. The Labute approximate surface area is 125 Å². The summed E-state index contributed by atoms with van der Waals surface area (Å²) in [5, 5.41) is 2.87. The number of hydrogen-bond donors (Lipinski definition) is 1. The van der Waals surface area contributed by atoms with Gasteiger partial charge >= 0.3 is 0 Å². The molecule has 1 aromatic carbocycles. The van der Waals surface area contributed by atoms with Crippen LogP contribution in [0.15, 0.2) is 28.7 Å². The molecule has 0 unspecified atom stereocenters. The van der Waals surface area contributed by atoms with Crippen LogP contribution in [0, 0.1) is 13.8 Å². The second kappa shape index (κ2) is 5.72. The van der Waals surface area contributed by atoms with Crippen LogP contribution in [0.25, 0.3) is 0 Å². The fraction of sp³-hybridized carbons (Fsp3) is 0.412. The first-order chi connectivity index (χ1) is 9.75. The van der Waals surface area contributed by atoms with E-state index in [9.17, 15) is 4.79 Å². The van der Waals surface area contributed by atoms with Gasteiger partial charge < -0.3 is 9.73 Å². The quantitative estimate of drug-likeness (QED) is 0.934. The lowest BCUT2D eigenvalue weighted by Gasteiger charge is -2.12. The molecule has 1 N–H and O–H groups in total. The standard InChI is InChI=1S/C17H22N2O2/c1-11-6-8-13(9-7-11)19-15(20)10-14-12(2)18-16(21-14)17(3,4)5/h6-9H,10H2,1-5H3,(H,19,20). The van der Waals surface area contributed by atoms with E-state index in [4.69, 9.17) is 4.42 Å². The van der Waals surface area contributed by atoms with E-state index in [1.54, 1.807) is 0 Å². The zero-order valence-electron chi connectivity index (χ0n) is 13.3. The minimum absolute atomic E-state index is 0.0986. The molecule has 0 spiro atoms. The van der Waals surface area contributed by atoms with E-state index in [1.807, 2.05) is 58.9 Å². The highest BCUT2D eigenvalue weighted by atomic mass is 16.4. The first-order valence-electron chi connectivity index (χ1n) is 7.09. The highest BCUT2D eigenvalue weighted by Gasteiger charge is 2.23. The number of aryl methyl sites for hydroxylation is 2. The summed E-state index contributed by atoms with van der Waals surface area (Å²) in [7, 11) is 0. The Hall–Kier alpha value is -2.10. The van der Waals surface area contributed by atoms with Crippen molar-refractivity contribution < 1.29 is 9.21 Å². The van der Waals surface area contributed by atoms with E-state index in [2.05, 4.69) is 10.3 Å². The molecular formula is C17H22N2O2. The van der Waals surface area contributed by atoms with Crippen molar-refractivity contribution in [1.29, 1.82) is 0 Å². The molecule has 2 rings (SSSR count). The summed E-state index contributed by atoms with van der Waals surface area (Å²) in [5.74, 6) is 1.20. The summed E-state index contributed by atoms with van der Waals surface area (Å²) in [4.78, 5) is 16.5. The number of anilines is 1. The van der Waals surface area contributed by atoms with Gasteiger partial charge in [-0.2, -0.15) is 0 Å². The van der Waals surface area contributed by atoms with Crippen molar-refractivity contribution in [3.05, 3.63) is 47.2 Å². The van der Waals surface area contributed by atoms with Gasteiger partial charge in [-0.15, -0.1) is 0 Å². The molecule has 0 saturated heterocycles. The normalized spacial score (nSPS) is 11.5. The van der Waals surface area contributed by atoms with Gasteiger partial charge in [0.25, 0.3) is 0 Å². The van der Waals surface area contributed by atoms with Gasteiger partial charge in [0, 0.05) is 11.1 Å². The Bertz CT molecular complexity index is 634. The average molecular weight is 286 g/mol. The molecule has 0 aliphatic rings. The molecule has 1 amide bonds. The minimum atomic E-state index is -0.156. The Morgan fingerprint density at radius 3 is 2.33 bits per heavy atom. The molecule has 1 aromatic heterocycles. The van der Waals surface area contributed by atoms with Crippen molar-refractivity contribution in [1.82, 2.24) is 4.98 Å². The molecule has 0 radical (unpaired) electrons. The summed E-state index contributed by atoms with van der Waals surface area (Å²) in [6.45, 7) is 9.99. The van der Waals surface area contributed by atoms with Crippen LogP contribution in [-0.4, -0.2) is 10.9 Å². The molecule has 0 bridgehead atoms. The molecule has 0 atom stereocenters. The first-order valence-corrected chi connectivity index (χ1v) is 7.09. The lowest BCUT2D eigenvalue weighted by Crippen LogP contribution is -2.14. The minimum Gasteiger partial charge on any atom is -0.444 e. The second-order valence-electron chi connectivity index (χ2n) is 6.37. The number of nitrogens with zero attached hydrogens (tertiary/aromatic N) is 1. The van der Waals surface area contributed by atoms with Gasteiger partial charge in [-0.25, -0.2) is 4.98 Å². The maximum Gasteiger partial charge on any atom is 0.232 e. The Kier molecular flexibility index (Phi) is 4.16. The summed E-state index contributed by atoms with van der Waals surface area (Å²) < 4.78 is 5.73. The number of amides is 1. The van der Waals surface area contributed by atoms with Gasteiger partial charge in [-0.05, 0) is 26.0 Å². The van der Waals surface area contributed by atoms with Crippen LogP contribution >= 0.6 is 0 Å². The smallest absolute Gasteiger partial charge is 0.232 e. The van der Waals surface area contributed by atoms with Crippen molar-refractivity contribution in [2.75, 3.05) is 5.32 Å². The van der Waals surface area contributed by atoms with E-state index in [1.165, 1.54) is 0 Å². The molecular weight excluding hydrogens is 264 g/mol. The van der Waals surface area contributed by atoms with Gasteiger partial charge in [-0.3, -0.25) is 4.79 Å². The van der Waals surface area contributed by atoms with Crippen molar-refractivity contribution >= 4 is 11.6 Å². The van der Waals surface area contributed by atoms with Crippen molar-refractivity contribution in [2.45, 2.75) is 46.5 Å². The molecule has 4 heteroatoms. The van der Waals surface area contributed by atoms with E-state index < -0.39 is 0 Å². The number of oxazole rings is 1. The van der Waals surface area contributed by atoms with E-state index in [0.29, 0.717) is 11.7 Å². The molecule has 0 fully saturated rings. The first kappa shape index (κ1) is 15.3. The van der Waals surface area contributed by atoms with E-state index >= 15 is 0 Å². The van der Waals surface area contributed by atoms with Crippen molar-refractivity contribution in [3.63, 3.8) is 0 Å². The molecule has 1 heterocycles. The highest BCUT2D eigenvalue weighted by Crippen LogP contribution is 2.24. The molecule has 112 valence electrons. The van der Waals surface area contributed by atoms with E-state index in [-0.39, 0.29) is 17.7 Å². The summed E-state index contributed by atoms with van der Waals surface area (Å²) >= 11 is 0. The number of nitrogens with one attached hydrogen (secondary N) is 1. The predicted molar refractivity (Wildman–Crippen MR) is 83.5 cm³/mol. The third-order valence-corrected chi connectivity index (χ3v) is 3.19. The van der Waals surface area contributed by atoms with Gasteiger partial charge in [0.05, 0.1) is 12.1 Å². The number of benzene rings is 1. The molecule has 2 aromatic rings.